The first-order valence-corrected chi connectivity index (χ1v) is 12.7. The molecule has 0 aliphatic carbocycles. The highest BCUT2D eigenvalue weighted by Crippen LogP contribution is 2.31. The molecule has 0 radical (unpaired) electrons. The number of nitrogens with zero attached hydrogens (tertiary/aromatic N) is 2. The minimum atomic E-state index is -1.08. The number of para-hydroxylation sites is 2. The van der Waals surface area contributed by atoms with Gasteiger partial charge in [0.1, 0.15) is 0 Å². The molecule has 0 spiro atoms. The molecule has 0 fully saturated rings. The fourth-order valence-electron chi connectivity index (χ4n) is 3.88. The van der Waals surface area contributed by atoms with Gasteiger partial charge in [0.2, 0.25) is 0 Å². The first-order chi connectivity index (χ1) is 17.0. The number of hydrazine groups is 1. The molecule has 0 bridgehead atoms. The zero-order chi connectivity index (χ0) is 24.8. The van der Waals surface area contributed by atoms with E-state index < -0.39 is 22.8 Å². The molecule has 4 aromatic rings. The van der Waals surface area contributed by atoms with Crippen LogP contribution in [0.2, 0.25) is 0 Å². The highest BCUT2D eigenvalue weighted by atomic mass is 32.2. The Kier molecular flexibility index (Phi) is 7.52. The third kappa shape index (κ3) is 5.38. The highest BCUT2D eigenvalue weighted by molar-refractivity contribution is 7.84. The highest BCUT2D eigenvalue weighted by Gasteiger charge is 2.25. The second-order valence-electron chi connectivity index (χ2n) is 7.81. The summed E-state index contributed by atoms with van der Waals surface area (Å²) in [6.07, 6.45) is 1.27. The summed E-state index contributed by atoms with van der Waals surface area (Å²) >= 11 is 0. The molecule has 1 heterocycles. The van der Waals surface area contributed by atoms with E-state index in [-0.39, 0.29) is 0 Å². The average molecular weight is 488 g/mol. The Morgan fingerprint density at radius 2 is 1.57 bits per heavy atom. The first kappa shape index (κ1) is 24.1. The Balaban J connectivity index is 1.90. The molecule has 1 N–H and O–H groups in total. The van der Waals surface area contributed by atoms with Gasteiger partial charge in [-0.3, -0.25) is 14.4 Å². The molecule has 3 aromatic carbocycles. The number of nitrogens with one attached hydrogen (secondary N) is 1. The summed E-state index contributed by atoms with van der Waals surface area (Å²) in [6.45, 7) is 0. The van der Waals surface area contributed by atoms with Gasteiger partial charge in [-0.25, -0.2) is 9.78 Å². The summed E-state index contributed by atoms with van der Waals surface area (Å²) in [5, 5.41) is 1.71. The van der Waals surface area contributed by atoms with Crippen LogP contribution in [0.3, 0.4) is 0 Å². The van der Waals surface area contributed by atoms with Crippen molar-refractivity contribution >= 4 is 39.4 Å². The van der Waals surface area contributed by atoms with E-state index in [1.807, 2.05) is 60.7 Å². The molecule has 1 atom stereocenters. The fraction of sp³-hybridized carbons (Fsp3) is 0.148. The van der Waals surface area contributed by atoms with Crippen LogP contribution in [-0.4, -0.2) is 40.3 Å². The number of carbonyl (C=O) groups excluding carboxylic acids is 2. The number of aromatic nitrogens is 1. The van der Waals surface area contributed by atoms with Gasteiger partial charge < -0.3 is 4.74 Å². The van der Waals surface area contributed by atoms with E-state index in [1.54, 1.807) is 30.5 Å². The monoisotopic (exact) mass is 487 g/mol. The van der Waals surface area contributed by atoms with Gasteiger partial charge in [-0.1, -0.05) is 66.7 Å². The van der Waals surface area contributed by atoms with Crippen LogP contribution in [0.4, 0.5) is 10.5 Å². The summed E-state index contributed by atoms with van der Waals surface area (Å²) in [5.41, 5.74) is 6.34. The topological polar surface area (TPSA) is 88.6 Å². The molecule has 0 saturated carbocycles. The van der Waals surface area contributed by atoms with Crippen molar-refractivity contribution in [3.63, 3.8) is 0 Å². The molecular weight excluding hydrogens is 462 g/mol. The van der Waals surface area contributed by atoms with Gasteiger partial charge in [-0.15, -0.1) is 0 Å². The minimum Gasteiger partial charge on any atom is -0.451 e. The minimum absolute atomic E-state index is 0.361. The molecule has 0 aliphatic rings. The van der Waals surface area contributed by atoms with Crippen LogP contribution < -0.4 is 10.4 Å². The van der Waals surface area contributed by atoms with Crippen molar-refractivity contribution in [2.75, 3.05) is 24.1 Å². The van der Waals surface area contributed by atoms with Crippen LogP contribution in [0.25, 0.3) is 22.2 Å². The van der Waals surface area contributed by atoms with Crippen molar-refractivity contribution in [2.45, 2.75) is 6.42 Å². The molecule has 8 heteroatoms. The van der Waals surface area contributed by atoms with Crippen molar-refractivity contribution < 1.29 is 18.5 Å². The van der Waals surface area contributed by atoms with Crippen LogP contribution in [-0.2, 0) is 22.0 Å². The third-order valence-corrected chi connectivity index (χ3v) is 6.27. The lowest BCUT2D eigenvalue weighted by Gasteiger charge is -2.23. The number of ether oxygens (including phenoxy) is 1. The molecular formula is C27H25N3O4S. The lowest BCUT2D eigenvalue weighted by atomic mass is 9.94. The van der Waals surface area contributed by atoms with Crippen LogP contribution in [0.5, 0.6) is 0 Å². The van der Waals surface area contributed by atoms with Crippen molar-refractivity contribution in [1.29, 1.82) is 0 Å². The van der Waals surface area contributed by atoms with Crippen LogP contribution in [0.1, 0.15) is 15.9 Å². The number of carbonyl (C=O) groups is 2. The first-order valence-electron chi connectivity index (χ1n) is 11.0. The van der Waals surface area contributed by atoms with Gasteiger partial charge in [0.05, 0.1) is 29.6 Å². The molecule has 1 unspecified atom stereocenters. The number of benzene rings is 3. The predicted octanol–water partition coefficient (Wildman–Crippen LogP) is 4.74. The van der Waals surface area contributed by atoms with Crippen LogP contribution in [0.15, 0.2) is 84.9 Å². The second-order valence-corrected chi connectivity index (χ2v) is 9.36. The Labute approximate surface area is 206 Å². The van der Waals surface area contributed by atoms with E-state index in [1.165, 1.54) is 7.11 Å². The lowest BCUT2D eigenvalue weighted by molar-refractivity contribution is 0.0941. The smallest absolute Gasteiger partial charge is 0.433 e. The summed E-state index contributed by atoms with van der Waals surface area (Å²) in [5.74, 6) is -0.133. The largest absolute Gasteiger partial charge is 0.451 e. The zero-order valence-electron chi connectivity index (χ0n) is 19.4. The van der Waals surface area contributed by atoms with Crippen molar-refractivity contribution in [3.8, 4) is 11.3 Å². The van der Waals surface area contributed by atoms with Gasteiger partial charge in [-0.05, 0) is 30.2 Å². The average Bonchev–Trinajstić information content (AvgIpc) is 2.90. The standard InChI is InChI=1S/C27H25N3O4S/c1-34-27(32)30(20-13-7-4-8-14-20)29-26(31)24-21-15-9-10-16-23(21)28-25(19-11-5-3-6-12-19)22(24)17-18-35(2)33/h3-16H,17-18H2,1-2H3,(H,29,31). The quantitative estimate of drug-likeness (QED) is 0.397. The SMILES string of the molecule is COC(=O)N(NC(=O)c1c(CCS(C)=O)c(-c2ccccc2)nc2ccccc12)c1ccccc1. The lowest BCUT2D eigenvalue weighted by Crippen LogP contribution is -2.47. The van der Waals surface area contributed by atoms with Crippen molar-refractivity contribution in [1.82, 2.24) is 10.4 Å². The van der Waals surface area contributed by atoms with E-state index in [9.17, 15) is 13.8 Å². The van der Waals surface area contributed by atoms with E-state index >= 15 is 0 Å². The van der Waals surface area contributed by atoms with Crippen LogP contribution >= 0.6 is 0 Å². The van der Waals surface area contributed by atoms with Gasteiger partial charge in [-0.2, -0.15) is 5.01 Å². The zero-order valence-corrected chi connectivity index (χ0v) is 20.2. The van der Waals surface area contributed by atoms with Crippen molar-refractivity contribution in [2.24, 2.45) is 0 Å². The number of fused-ring (bicyclic) bond motifs is 1. The van der Waals surface area contributed by atoms with E-state index in [0.717, 1.165) is 10.6 Å². The number of hydrogen-bond donors (Lipinski definition) is 1. The molecule has 0 aliphatic heterocycles. The van der Waals surface area contributed by atoms with Gasteiger partial charge in [0.15, 0.2) is 0 Å². The maximum absolute atomic E-state index is 13.8. The number of rotatable bonds is 6. The normalized spacial score (nSPS) is 11.6. The molecule has 0 saturated heterocycles. The molecule has 7 nitrogen and oxygen atoms in total. The van der Waals surface area contributed by atoms with E-state index in [4.69, 9.17) is 9.72 Å². The summed E-state index contributed by atoms with van der Waals surface area (Å²) in [4.78, 5) is 31.3. The fourth-order valence-corrected chi connectivity index (χ4v) is 4.37. The predicted molar refractivity (Wildman–Crippen MR) is 139 cm³/mol. The van der Waals surface area contributed by atoms with Gasteiger partial charge >= 0.3 is 6.09 Å². The Morgan fingerprint density at radius 1 is 0.943 bits per heavy atom. The van der Waals surface area contributed by atoms with E-state index in [2.05, 4.69) is 5.43 Å². The van der Waals surface area contributed by atoms with Crippen molar-refractivity contribution in [3.05, 3.63) is 96.1 Å². The number of pyridine rings is 1. The number of hydrogen-bond acceptors (Lipinski definition) is 5. The van der Waals surface area contributed by atoms with E-state index in [0.29, 0.717) is 45.6 Å². The maximum atomic E-state index is 13.8. The summed E-state index contributed by atoms with van der Waals surface area (Å²) in [6, 6.07) is 25.6. The van der Waals surface area contributed by atoms with Gasteiger partial charge in [0.25, 0.3) is 5.91 Å². The molecule has 35 heavy (non-hydrogen) atoms. The Bertz CT molecular complexity index is 1380. The number of amides is 2. The summed E-state index contributed by atoms with van der Waals surface area (Å²) < 4.78 is 16.9. The Morgan fingerprint density at radius 3 is 2.23 bits per heavy atom. The molecule has 1 aromatic heterocycles. The number of anilines is 1. The summed E-state index contributed by atoms with van der Waals surface area (Å²) in [7, 11) is 0.173. The number of methoxy groups -OCH3 is 1. The van der Waals surface area contributed by atoms with Gasteiger partial charge in [0, 0.05) is 33.8 Å². The third-order valence-electron chi connectivity index (χ3n) is 5.49. The molecule has 2 amide bonds. The Hall–Kier alpha value is -4.04. The second kappa shape index (κ2) is 10.9. The maximum Gasteiger partial charge on any atom is 0.433 e. The molecule has 4 rings (SSSR count). The molecule has 178 valence electrons. The van der Waals surface area contributed by atoms with Crippen LogP contribution in [0, 0.1) is 0 Å².